The van der Waals surface area contributed by atoms with Crippen LogP contribution in [0.5, 0.6) is 0 Å². The molecule has 0 atom stereocenters. The van der Waals surface area contributed by atoms with E-state index >= 15 is 0 Å². The Bertz CT molecular complexity index is 487. The van der Waals surface area contributed by atoms with Crippen LogP contribution in [0, 0.1) is 0 Å². The van der Waals surface area contributed by atoms with Gasteiger partial charge in [-0.1, -0.05) is 12.1 Å². The number of rotatable bonds is 11. The summed E-state index contributed by atoms with van der Waals surface area (Å²) in [4.78, 5) is 0.229. The second kappa shape index (κ2) is 9.86. The van der Waals surface area contributed by atoms with Gasteiger partial charge in [0.2, 0.25) is 10.0 Å². The average molecular weight is 317 g/mol. The van der Waals surface area contributed by atoms with Gasteiger partial charge in [0.05, 0.1) is 24.7 Å². The van der Waals surface area contributed by atoms with Crippen LogP contribution in [0.3, 0.4) is 0 Å². The molecule has 0 spiro atoms. The number of benzene rings is 1. The second-order valence-corrected chi connectivity index (χ2v) is 6.24. The van der Waals surface area contributed by atoms with E-state index in [9.17, 15) is 8.42 Å². The maximum absolute atomic E-state index is 12.0. The van der Waals surface area contributed by atoms with Crippen LogP contribution in [0.25, 0.3) is 0 Å². The molecule has 0 fully saturated rings. The molecule has 0 heterocycles. The summed E-state index contributed by atoms with van der Waals surface area (Å²) in [6.45, 7) is 1.58. The van der Waals surface area contributed by atoms with E-state index in [0.717, 1.165) is 12.0 Å². The fraction of sp³-hybridized carbons (Fsp3) is 0.571. The number of hydrogen-bond donors (Lipinski definition) is 2. The van der Waals surface area contributed by atoms with E-state index < -0.39 is 10.0 Å². The molecule has 0 bridgehead atoms. The number of hydrogen-bond acceptors (Lipinski definition) is 5. The Morgan fingerprint density at radius 3 is 2.48 bits per heavy atom. The Kier molecular flexibility index (Phi) is 8.48. The van der Waals surface area contributed by atoms with E-state index in [1.165, 1.54) is 0 Å². The fourth-order valence-electron chi connectivity index (χ4n) is 1.69. The molecule has 120 valence electrons. The Labute approximate surface area is 126 Å². The largest absolute Gasteiger partial charge is 0.396 e. The van der Waals surface area contributed by atoms with Crippen molar-refractivity contribution in [3.8, 4) is 0 Å². The molecule has 1 aromatic rings. The van der Waals surface area contributed by atoms with Crippen LogP contribution in [0.4, 0.5) is 0 Å². The molecule has 0 unspecified atom stereocenters. The first-order valence-corrected chi connectivity index (χ1v) is 8.34. The number of aliphatic hydroxyl groups is 1. The molecule has 6 nitrogen and oxygen atoms in total. The monoisotopic (exact) mass is 317 g/mol. The average Bonchev–Trinajstić information content (AvgIpc) is 2.49. The van der Waals surface area contributed by atoms with Gasteiger partial charge in [0.15, 0.2) is 0 Å². The van der Waals surface area contributed by atoms with Crippen LogP contribution in [0.2, 0.25) is 0 Å². The highest BCUT2D eigenvalue weighted by Gasteiger charge is 2.12. The number of aryl methyl sites for hydroxylation is 1. The molecule has 0 saturated heterocycles. The fourth-order valence-corrected chi connectivity index (χ4v) is 2.71. The van der Waals surface area contributed by atoms with E-state index in [-0.39, 0.29) is 18.0 Å². The van der Waals surface area contributed by atoms with Gasteiger partial charge in [-0.25, -0.2) is 13.1 Å². The molecule has 0 aliphatic heterocycles. The van der Waals surface area contributed by atoms with Crippen molar-refractivity contribution in [3.63, 3.8) is 0 Å². The van der Waals surface area contributed by atoms with Crippen molar-refractivity contribution in [3.05, 3.63) is 29.8 Å². The molecule has 0 radical (unpaired) electrons. The SMILES string of the molecule is COCCOCCNS(=O)(=O)c1ccc(CCCO)cc1. The van der Waals surface area contributed by atoms with E-state index in [2.05, 4.69) is 4.72 Å². The van der Waals surface area contributed by atoms with Gasteiger partial charge >= 0.3 is 0 Å². The van der Waals surface area contributed by atoms with Gasteiger partial charge in [-0.05, 0) is 30.5 Å². The molecule has 0 aliphatic carbocycles. The van der Waals surface area contributed by atoms with E-state index in [1.807, 2.05) is 0 Å². The van der Waals surface area contributed by atoms with Crippen molar-refractivity contribution < 1.29 is 23.0 Å². The lowest BCUT2D eigenvalue weighted by Gasteiger charge is -2.08. The van der Waals surface area contributed by atoms with Gasteiger partial charge in [0.25, 0.3) is 0 Å². The predicted octanol–water partition coefficient (Wildman–Crippen LogP) is 0.553. The molecule has 0 aromatic heterocycles. The highest BCUT2D eigenvalue weighted by atomic mass is 32.2. The summed E-state index contributed by atoms with van der Waals surface area (Å²) >= 11 is 0. The van der Waals surface area contributed by atoms with Crippen molar-refractivity contribution in [1.82, 2.24) is 4.72 Å². The topological polar surface area (TPSA) is 84.9 Å². The molecule has 0 saturated carbocycles. The van der Waals surface area contributed by atoms with Crippen molar-refractivity contribution >= 4 is 10.0 Å². The number of ether oxygens (including phenoxy) is 2. The maximum atomic E-state index is 12.0. The number of methoxy groups -OCH3 is 1. The smallest absolute Gasteiger partial charge is 0.240 e. The molecular formula is C14H23NO5S. The van der Waals surface area contributed by atoms with Crippen molar-refractivity contribution in [2.75, 3.05) is 40.1 Å². The minimum Gasteiger partial charge on any atom is -0.396 e. The highest BCUT2D eigenvalue weighted by molar-refractivity contribution is 7.89. The third-order valence-corrected chi connectivity index (χ3v) is 4.30. The van der Waals surface area contributed by atoms with E-state index in [4.69, 9.17) is 14.6 Å². The van der Waals surface area contributed by atoms with E-state index in [1.54, 1.807) is 31.4 Å². The van der Waals surface area contributed by atoms with Gasteiger partial charge in [-0.15, -0.1) is 0 Å². The summed E-state index contributed by atoms with van der Waals surface area (Å²) < 4.78 is 36.5. The molecule has 1 aromatic carbocycles. The van der Waals surface area contributed by atoms with Gasteiger partial charge in [0, 0.05) is 20.3 Å². The lowest BCUT2D eigenvalue weighted by atomic mass is 10.1. The highest BCUT2D eigenvalue weighted by Crippen LogP contribution is 2.11. The first-order valence-electron chi connectivity index (χ1n) is 6.86. The molecule has 2 N–H and O–H groups in total. The van der Waals surface area contributed by atoms with Crippen molar-refractivity contribution in [2.24, 2.45) is 0 Å². The van der Waals surface area contributed by atoms with Crippen LogP contribution in [0.15, 0.2) is 29.2 Å². The minimum absolute atomic E-state index is 0.130. The van der Waals surface area contributed by atoms with Crippen LogP contribution >= 0.6 is 0 Å². The maximum Gasteiger partial charge on any atom is 0.240 e. The summed E-state index contributed by atoms with van der Waals surface area (Å²) in [5.41, 5.74) is 1.01. The Balaban J connectivity index is 2.42. The van der Waals surface area contributed by atoms with Gasteiger partial charge in [-0.2, -0.15) is 0 Å². The Morgan fingerprint density at radius 2 is 1.86 bits per heavy atom. The Hall–Kier alpha value is -0.990. The van der Waals surface area contributed by atoms with Gasteiger partial charge in [0.1, 0.15) is 0 Å². The normalized spacial score (nSPS) is 11.7. The zero-order chi connectivity index (χ0) is 15.6. The summed E-state index contributed by atoms with van der Waals surface area (Å²) in [5, 5.41) is 8.76. The molecule has 0 amide bonds. The quantitative estimate of drug-likeness (QED) is 0.582. The summed E-state index contributed by atoms with van der Waals surface area (Å²) in [6.07, 6.45) is 1.40. The molecule has 21 heavy (non-hydrogen) atoms. The zero-order valence-corrected chi connectivity index (χ0v) is 13.1. The third-order valence-electron chi connectivity index (χ3n) is 2.83. The molecule has 7 heteroatoms. The van der Waals surface area contributed by atoms with Crippen LogP contribution < -0.4 is 4.72 Å². The summed E-state index contributed by atoms with van der Waals surface area (Å²) in [5.74, 6) is 0. The Morgan fingerprint density at radius 1 is 1.14 bits per heavy atom. The standard InChI is InChI=1S/C14H23NO5S/c1-19-11-12-20-10-8-15-21(17,18)14-6-4-13(5-7-14)3-2-9-16/h4-7,15-16H,2-3,8-12H2,1H3. The van der Waals surface area contributed by atoms with Crippen LogP contribution in [0.1, 0.15) is 12.0 Å². The molecule has 0 aliphatic rings. The minimum atomic E-state index is -3.50. The lowest BCUT2D eigenvalue weighted by Crippen LogP contribution is -2.27. The molecular weight excluding hydrogens is 294 g/mol. The van der Waals surface area contributed by atoms with Crippen molar-refractivity contribution in [2.45, 2.75) is 17.7 Å². The first-order chi connectivity index (χ1) is 10.1. The van der Waals surface area contributed by atoms with Crippen molar-refractivity contribution in [1.29, 1.82) is 0 Å². The second-order valence-electron chi connectivity index (χ2n) is 4.47. The third kappa shape index (κ3) is 7.01. The predicted molar refractivity (Wildman–Crippen MR) is 79.7 cm³/mol. The lowest BCUT2D eigenvalue weighted by molar-refractivity contribution is 0.0736. The summed E-state index contributed by atoms with van der Waals surface area (Å²) in [6, 6.07) is 6.67. The van der Waals surface area contributed by atoms with Gasteiger partial charge in [-0.3, -0.25) is 0 Å². The van der Waals surface area contributed by atoms with Gasteiger partial charge < -0.3 is 14.6 Å². The number of aliphatic hydroxyl groups excluding tert-OH is 1. The van der Waals surface area contributed by atoms with E-state index in [0.29, 0.717) is 26.2 Å². The van der Waals surface area contributed by atoms with Crippen LogP contribution in [-0.2, 0) is 25.9 Å². The summed E-state index contributed by atoms with van der Waals surface area (Å²) in [7, 11) is -1.92. The van der Waals surface area contributed by atoms with Crippen LogP contribution in [-0.4, -0.2) is 53.6 Å². The zero-order valence-electron chi connectivity index (χ0n) is 12.2. The number of sulfonamides is 1. The molecule has 1 rings (SSSR count). The first kappa shape index (κ1) is 18.1. The number of nitrogens with one attached hydrogen (secondary N) is 1.